The van der Waals surface area contributed by atoms with Gasteiger partial charge in [0, 0.05) is 6.07 Å². The third kappa shape index (κ3) is 3.78. The van der Waals surface area contributed by atoms with E-state index in [1.807, 2.05) is 13.8 Å². The molecule has 0 aliphatic heterocycles. The first-order valence-electron chi connectivity index (χ1n) is 5.51. The van der Waals surface area contributed by atoms with Crippen molar-refractivity contribution in [2.45, 2.75) is 19.9 Å². The Bertz CT molecular complexity index is 493. The Balaban J connectivity index is 2.97. The van der Waals surface area contributed by atoms with Crippen molar-refractivity contribution in [3.05, 3.63) is 27.4 Å². The smallest absolute Gasteiger partial charge is 0.328 e. The lowest BCUT2D eigenvalue weighted by Gasteiger charge is -2.20. The number of aromatic nitrogens is 1. The standard InChI is InChI=1S/C11H14ClN3O4/c1-6(2)9(11(16)19-3)14-10-8(12)4-7(5-13-10)15(17)18/h4-6,9H,1-3H3,(H,13,14). The fraction of sp³-hybridized carbons (Fsp3) is 0.455. The number of halogens is 1. The summed E-state index contributed by atoms with van der Waals surface area (Å²) in [7, 11) is 1.28. The molecular formula is C11H14ClN3O4. The quantitative estimate of drug-likeness (QED) is 0.507. The van der Waals surface area contributed by atoms with Gasteiger partial charge in [-0.3, -0.25) is 10.1 Å². The molecule has 0 bridgehead atoms. The molecule has 0 spiro atoms. The Hall–Kier alpha value is -1.89. The highest BCUT2D eigenvalue weighted by atomic mass is 35.5. The number of pyridine rings is 1. The van der Waals surface area contributed by atoms with Crippen LogP contribution in [0.2, 0.25) is 5.02 Å². The highest BCUT2D eigenvalue weighted by Crippen LogP contribution is 2.25. The highest BCUT2D eigenvalue weighted by Gasteiger charge is 2.24. The molecule has 1 rings (SSSR count). The molecule has 1 unspecified atom stereocenters. The molecule has 0 aliphatic rings. The fourth-order valence-electron chi connectivity index (χ4n) is 1.41. The molecule has 0 fully saturated rings. The van der Waals surface area contributed by atoms with E-state index in [0.29, 0.717) is 0 Å². The van der Waals surface area contributed by atoms with Crippen molar-refractivity contribution in [3.63, 3.8) is 0 Å². The Morgan fingerprint density at radius 2 is 2.21 bits per heavy atom. The Kier molecular flexibility index (Phi) is 5.05. The van der Waals surface area contributed by atoms with Gasteiger partial charge in [-0.15, -0.1) is 0 Å². The maximum Gasteiger partial charge on any atom is 0.328 e. The molecule has 1 N–H and O–H groups in total. The number of esters is 1. The third-order valence-electron chi connectivity index (χ3n) is 2.45. The molecule has 104 valence electrons. The van der Waals surface area contributed by atoms with Gasteiger partial charge in [-0.05, 0) is 5.92 Å². The summed E-state index contributed by atoms with van der Waals surface area (Å²) in [5.74, 6) is -0.303. The van der Waals surface area contributed by atoms with Gasteiger partial charge in [-0.1, -0.05) is 25.4 Å². The van der Waals surface area contributed by atoms with Crippen LogP contribution in [0.5, 0.6) is 0 Å². The van der Waals surface area contributed by atoms with Gasteiger partial charge in [0.15, 0.2) is 0 Å². The molecule has 0 radical (unpaired) electrons. The maximum atomic E-state index is 11.6. The second-order valence-corrected chi connectivity index (χ2v) is 4.58. The van der Waals surface area contributed by atoms with E-state index in [-0.39, 0.29) is 22.4 Å². The molecule has 1 aromatic rings. The van der Waals surface area contributed by atoms with Crippen LogP contribution in [0.1, 0.15) is 13.8 Å². The lowest BCUT2D eigenvalue weighted by Crippen LogP contribution is -2.35. The molecule has 0 saturated carbocycles. The van der Waals surface area contributed by atoms with E-state index in [1.165, 1.54) is 13.2 Å². The number of carbonyl (C=O) groups is 1. The van der Waals surface area contributed by atoms with Crippen molar-refractivity contribution in [3.8, 4) is 0 Å². The number of nitrogens with zero attached hydrogens (tertiary/aromatic N) is 2. The van der Waals surface area contributed by atoms with E-state index in [1.54, 1.807) is 0 Å². The summed E-state index contributed by atoms with van der Waals surface area (Å²) in [4.78, 5) is 25.4. The van der Waals surface area contributed by atoms with Crippen LogP contribution in [0.4, 0.5) is 11.5 Å². The Labute approximate surface area is 115 Å². The molecule has 0 aliphatic carbocycles. The number of rotatable bonds is 5. The summed E-state index contributed by atoms with van der Waals surface area (Å²) in [6.45, 7) is 3.65. The third-order valence-corrected chi connectivity index (χ3v) is 2.74. The zero-order valence-corrected chi connectivity index (χ0v) is 11.5. The van der Waals surface area contributed by atoms with Crippen molar-refractivity contribution in [1.82, 2.24) is 4.98 Å². The summed E-state index contributed by atoms with van der Waals surface area (Å²) in [5.41, 5.74) is -0.213. The normalized spacial score (nSPS) is 12.1. The Morgan fingerprint density at radius 3 is 2.63 bits per heavy atom. The zero-order valence-electron chi connectivity index (χ0n) is 10.7. The largest absolute Gasteiger partial charge is 0.467 e. The predicted molar refractivity (Wildman–Crippen MR) is 70.2 cm³/mol. The van der Waals surface area contributed by atoms with Gasteiger partial charge in [0.25, 0.3) is 5.69 Å². The van der Waals surface area contributed by atoms with Gasteiger partial charge >= 0.3 is 5.97 Å². The average Bonchev–Trinajstić information content (AvgIpc) is 2.35. The van der Waals surface area contributed by atoms with Crippen LogP contribution in [-0.2, 0) is 9.53 Å². The first kappa shape index (κ1) is 15.2. The number of ether oxygens (including phenoxy) is 1. The number of methoxy groups -OCH3 is 1. The summed E-state index contributed by atoms with van der Waals surface area (Å²) < 4.78 is 4.67. The van der Waals surface area contributed by atoms with Crippen molar-refractivity contribution in [1.29, 1.82) is 0 Å². The average molecular weight is 288 g/mol. The molecule has 7 nitrogen and oxygen atoms in total. The van der Waals surface area contributed by atoms with Gasteiger partial charge < -0.3 is 10.1 Å². The van der Waals surface area contributed by atoms with Crippen LogP contribution in [0.25, 0.3) is 0 Å². The molecule has 8 heteroatoms. The molecular weight excluding hydrogens is 274 g/mol. The number of nitrogens with one attached hydrogen (secondary N) is 1. The van der Waals surface area contributed by atoms with E-state index < -0.39 is 16.9 Å². The van der Waals surface area contributed by atoms with Gasteiger partial charge in [0.1, 0.15) is 18.1 Å². The van der Waals surface area contributed by atoms with Crippen LogP contribution in [0.15, 0.2) is 12.3 Å². The maximum absolute atomic E-state index is 11.6. The molecule has 1 atom stereocenters. The van der Waals surface area contributed by atoms with Crippen molar-refractivity contribution in [2.75, 3.05) is 12.4 Å². The van der Waals surface area contributed by atoms with Crippen LogP contribution in [0, 0.1) is 16.0 Å². The molecule has 1 heterocycles. The lowest BCUT2D eigenvalue weighted by molar-refractivity contribution is -0.385. The number of anilines is 1. The number of hydrogen-bond donors (Lipinski definition) is 1. The van der Waals surface area contributed by atoms with Crippen LogP contribution in [-0.4, -0.2) is 29.0 Å². The van der Waals surface area contributed by atoms with Crippen molar-refractivity contribution in [2.24, 2.45) is 5.92 Å². The first-order valence-corrected chi connectivity index (χ1v) is 5.89. The van der Waals surface area contributed by atoms with E-state index in [0.717, 1.165) is 6.20 Å². The lowest BCUT2D eigenvalue weighted by atomic mass is 10.0. The molecule has 0 aromatic carbocycles. The number of hydrogen-bond acceptors (Lipinski definition) is 6. The van der Waals surface area contributed by atoms with Gasteiger partial charge in [-0.2, -0.15) is 0 Å². The molecule has 0 saturated heterocycles. The van der Waals surface area contributed by atoms with Crippen molar-refractivity contribution < 1.29 is 14.5 Å². The minimum Gasteiger partial charge on any atom is -0.467 e. The predicted octanol–water partition coefficient (Wildman–Crippen LogP) is 2.25. The summed E-state index contributed by atoms with van der Waals surface area (Å²) in [6.07, 6.45) is 1.07. The summed E-state index contributed by atoms with van der Waals surface area (Å²) >= 11 is 5.89. The van der Waals surface area contributed by atoms with Gasteiger partial charge in [0.2, 0.25) is 0 Å². The van der Waals surface area contributed by atoms with E-state index in [9.17, 15) is 14.9 Å². The second-order valence-electron chi connectivity index (χ2n) is 4.17. The zero-order chi connectivity index (χ0) is 14.6. The molecule has 1 aromatic heterocycles. The summed E-state index contributed by atoms with van der Waals surface area (Å²) in [6, 6.07) is 0.544. The fourth-order valence-corrected chi connectivity index (χ4v) is 1.62. The highest BCUT2D eigenvalue weighted by molar-refractivity contribution is 6.33. The van der Waals surface area contributed by atoms with E-state index >= 15 is 0 Å². The first-order chi connectivity index (χ1) is 8.86. The van der Waals surface area contributed by atoms with Crippen LogP contribution < -0.4 is 5.32 Å². The topological polar surface area (TPSA) is 94.4 Å². The van der Waals surface area contributed by atoms with Gasteiger partial charge in [0.05, 0.1) is 17.1 Å². The number of nitro groups is 1. The van der Waals surface area contributed by atoms with Gasteiger partial charge in [-0.25, -0.2) is 9.78 Å². The van der Waals surface area contributed by atoms with E-state index in [2.05, 4.69) is 15.0 Å². The SMILES string of the molecule is COC(=O)C(Nc1ncc([N+](=O)[O-])cc1Cl)C(C)C. The van der Waals surface area contributed by atoms with Crippen molar-refractivity contribution >= 4 is 29.1 Å². The second kappa shape index (κ2) is 6.33. The summed E-state index contributed by atoms with van der Waals surface area (Å²) in [5, 5.41) is 13.5. The minimum absolute atomic E-state index is 0.0551. The number of carbonyl (C=O) groups excluding carboxylic acids is 1. The minimum atomic E-state index is -0.628. The molecule has 19 heavy (non-hydrogen) atoms. The Morgan fingerprint density at radius 1 is 1.58 bits per heavy atom. The molecule has 0 amide bonds. The van der Waals surface area contributed by atoms with Crippen LogP contribution in [0.3, 0.4) is 0 Å². The monoisotopic (exact) mass is 287 g/mol. The van der Waals surface area contributed by atoms with Crippen LogP contribution >= 0.6 is 11.6 Å². The van der Waals surface area contributed by atoms with E-state index in [4.69, 9.17) is 11.6 Å².